The molecule has 0 bridgehead atoms. The van der Waals surface area contributed by atoms with Crippen molar-refractivity contribution in [1.82, 2.24) is 4.98 Å². The molecule has 0 aliphatic heterocycles. The van der Waals surface area contributed by atoms with Gasteiger partial charge in [-0.05, 0) is 46.3 Å². The monoisotopic (exact) mass is 282 g/mol. The van der Waals surface area contributed by atoms with Gasteiger partial charge in [-0.1, -0.05) is 0 Å². The summed E-state index contributed by atoms with van der Waals surface area (Å²) in [5.41, 5.74) is 6.86. The molecule has 1 saturated carbocycles. The Labute approximate surface area is 104 Å². The lowest BCUT2D eigenvalue weighted by Crippen LogP contribution is -2.26. The summed E-state index contributed by atoms with van der Waals surface area (Å²) < 4.78 is 0.907. The Balaban J connectivity index is 1.86. The molecule has 2 rings (SSSR count). The number of carbonyl (C=O) groups excluding carboxylic acids is 1. The van der Waals surface area contributed by atoms with Crippen LogP contribution in [0.15, 0.2) is 22.9 Å². The molecule has 2 N–H and O–H groups in total. The maximum atomic E-state index is 11.7. The minimum atomic E-state index is 0.0626. The molecule has 1 heterocycles. The van der Waals surface area contributed by atoms with Crippen molar-refractivity contribution in [2.75, 3.05) is 0 Å². The molecule has 0 radical (unpaired) electrons. The first-order valence-electron chi connectivity index (χ1n) is 5.52. The van der Waals surface area contributed by atoms with Crippen LogP contribution in [0, 0.1) is 5.92 Å². The van der Waals surface area contributed by atoms with E-state index in [0.29, 0.717) is 18.8 Å². The first kappa shape index (κ1) is 11.7. The third kappa shape index (κ3) is 3.39. The second-order valence-corrected chi connectivity index (χ2v) is 5.35. The fourth-order valence-corrected chi connectivity index (χ4v) is 2.22. The Morgan fingerprint density at radius 2 is 2.31 bits per heavy atom. The molecule has 16 heavy (non-hydrogen) atoms. The van der Waals surface area contributed by atoms with E-state index in [9.17, 15) is 4.79 Å². The molecular weight excluding hydrogens is 268 g/mol. The minimum absolute atomic E-state index is 0.0626. The Kier molecular flexibility index (Phi) is 3.71. The second-order valence-electron chi connectivity index (χ2n) is 4.43. The summed E-state index contributed by atoms with van der Waals surface area (Å²) in [7, 11) is 0. The predicted octanol–water partition coefficient (Wildman–Crippen LogP) is 2.08. The summed E-state index contributed by atoms with van der Waals surface area (Å²) in [6.45, 7) is 0. The first-order valence-corrected chi connectivity index (χ1v) is 6.31. The highest BCUT2D eigenvalue weighted by Gasteiger charge is 2.29. The predicted molar refractivity (Wildman–Crippen MR) is 66.0 cm³/mol. The van der Waals surface area contributed by atoms with E-state index < -0.39 is 0 Å². The third-order valence-electron chi connectivity index (χ3n) is 2.85. The number of nitrogens with two attached hydrogens (primary N) is 1. The number of hydrogen-bond donors (Lipinski definition) is 1. The van der Waals surface area contributed by atoms with E-state index in [1.807, 2.05) is 6.07 Å². The minimum Gasteiger partial charge on any atom is -0.327 e. The van der Waals surface area contributed by atoms with Gasteiger partial charge in [-0.25, -0.2) is 0 Å². The maximum absolute atomic E-state index is 11.7. The standard InChI is InChI=1S/C12H15BrN2O/c13-10-3-8(6-15-7-10)4-11(16)5-12(14)9-1-2-9/h3,6-7,9,12H,1-2,4-5,14H2. The fraction of sp³-hybridized carbons (Fsp3) is 0.500. The number of ketones is 1. The van der Waals surface area contributed by atoms with Gasteiger partial charge in [0.25, 0.3) is 0 Å². The molecule has 0 aromatic carbocycles. The van der Waals surface area contributed by atoms with Crippen LogP contribution in [0.2, 0.25) is 0 Å². The Morgan fingerprint density at radius 3 is 2.94 bits per heavy atom. The number of nitrogens with zero attached hydrogens (tertiary/aromatic N) is 1. The molecule has 1 atom stereocenters. The smallest absolute Gasteiger partial charge is 0.138 e. The summed E-state index contributed by atoms with van der Waals surface area (Å²) in [6, 6.07) is 1.99. The Morgan fingerprint density at radius 1 is 1.56 bits per heavy atom. The zero-order chi connectivity index (χ0) is 11.5. The van der Waals surface area contributed by atoms with Crippen LogP contribution in [0.5, 0.6) is 0 Å². The van der Waals surface area contributed by atoms with Crippen LogP contribution in [0.1, 0.15) is 24.8 Å². The summed E-state index contributed by atoms with van der Waals surface area (Å²) in [5.74, 6) is 0.795. The van der Waals surface area contributed by atoms with Crippen molar-refractivity contribution in [1.29, 1.82) is 0 Å². The van der Waals surface area contributed by atoms with Crippen LogP contribution in [0.25, 0.3) is 0 Å². The molecular formula is C12H15BrN2O. The van der Waals surface area contributed by atoms with Crippen molar-refractivity contribution in [3.8, 4) is 0 Å². The van der Waals surface area contributed by atoms with Gasteiger partial charge in [0.2, 0.25) is 0 Å². The van der Waals surface area contributed by atoms with Gasteiger partial charge in [0.05, 0.1) is 0 Å². The average molecular weight is 283 g/mol. The molecule has 0 saturated heterocycles. The van der Waals surface area contributed by atoms with Gasteiger partial charge in [0, 0.05) is 35.7 Å². The topological polar surface area (TPSA) is 56.0 Å². The van der Waals surface area contributed by atoms with E-state index in [2.05, 4.69) is 20.9 Å². The molecule has 0 amide bonds. The molecule has 1 aromatic rings. The van der Waals surface area contributed by atoms with Gasteiger partial charge in [0.15, 0.2) is 0 Å². The average Bonchev–Trinajstić information content (AvgIpc) is 2.99. The van der Waals surface area contributed by atoms with E-state index in [1.165, 1.54) is 12.8 Å². The molecule has 1 aliphatic rings. The van der Waals surface area contributed by atoms with Crippen LogP contribution in [0.3, 0.4) is 0 Å². The fourth-order valence-electron chi connectivity index (χ4n) is 1.81. The number of rotatable bonds is 5. The van der Waals surface area contributed by atoms with Gasteiger partial charge in [-0.3, -0.25) is 9.78 Å². The number of hydrogen-bond acceptors (Lipinski definition) is 3. The van der Waals surface area contributed by atoms with E-state index >= 15 is 0 Å². The van der Waals surface area contributed by atoms with Gasteiger partial charge >= 0.3 is 0 Å². The quantitative estimate of drug-likeness (QED) is 0.900. The first-order chi connectivity index (χ1) is 7.65. The summed E-state index contributed by atoms with van der Waals surface area (Å²) in [5, 5.41) is 0. The van der Waals surface area contributed by atoms with Gasteiger partial charge in [-0.2, -0.15) is 0 Å². The molecule has 4 heteroatoms. The number of aromatic nitrogens is 1. The summed E-state index contributed by atoms with van der Waals surface area (Å²) in [4.78, 5) is 15.8. The lowest BCUT2D eigenvalue weighted by atomic mass is 10.0. The molecule has 3 nitrogen and oxygen atoms in total. The highest BCUT2D eigenvalue weighted by atomic mass is 79.9. The van der Waals surface area contributed by atoms with Crippen molar-refractivity contribution < 1.29 is 4.79 Å². The van der Waals surface area contributed by atoms with Gasteiger partial charge in [0.1, 0.15) is 5.78 Å². The number of halogens is 1. The molecule has 1 unspecified atom stereocenters. The van der Waals surface area contributed by atoms with E-state index in [1.54, 1.807) is 12.4 Å². The Bertz CT molecular complexity index is 390. The summed E-state index contributed by atoms with van der Waals surface area (Å²) >= 11 is 3.34. The van der Waals surface area contributed by atoms with Crippen molar-refractivity contribution in [2.24, 2.45) is 11.7 Å². The SMILES string of the molecule is NC(CC(=O)Cc1cncc(Br)c1)C1CC1. The highest BCUT2D eigenvalue weighted by Crippen LogP contribution is 2.32. The maximum Gasteiger partial charge on any atom is 0.138 e. The zero-order valence-corrected chi connectivity index (χ0v) is 10.6. The highest BCUT2D eigenvalue weighted by molar-refractivity contribution is 9.10. The largest absolute Gasteiger partial charge is 0.327 e. The normalized spacial score (nSPS) is 17.1. The van der Waals surface area contributed by atoms with Crippen LogP contribution in [-0.4, -0.2) is 16.8 Å². The number of pyridine rings is 1. The van der Waals surface area contributed by atoms with Crippen LogP contribution >= 0.6 is 15.9 Å². The van der Waals surface area contributed by atoms with Crippen molar-refractivity contribution >= 4 is 21.7 Å². The molecule has 1 aliphatic carbocycles. The summed E-state index contributed by atoms with van der Waals surface area (Å²) in [6.07, 6.45) is 6.75. The number of carbonyl (C=O) groups is 1. The van der Waals surface area contributed by atoms with Crippen LogP contribution in [-0.2, 0) is 11.2 Å². The molecule has 1 fully saturated rings. The van der Waals surface area contributed by atoms with Crippen LogP contribution in [0.4, 0.5) is 0 Å². The molecule has 1 aromatic heterocycles. The lowest BCUT2D eigenvalue weighted by molar-refractivity contribution is -0.118. The Hall–Kier alpha value is -0.740. The van der Waals surface area contributed by atoms with Gasteiger partial charge < -0.3 is 5.73 Å². The molecule has 0 spiro atoms. The van der Waals surface area contributed by atoms with E-state index in [-0.39, 0.29) is 11.8 Å². The van der Waals surface area contributed by atoms with E-state index in [0.717, 1.165) is 10.0 Å². The number of Topliss-reactive ketones (excluding diaryl/α,β-unsaturated/α-hetero) is 1. The molecule has 86 valence electrons. The van der Waals surface area contributed by atoms with Crippen molar-refractivity contribution in [3.63, 3.8) is 0 Å². The lowest BCUT2D eigenvalue weighted by Gasteiger charge is -2.08. The van der Waals surface area contributed by atoms with Gasteiger partial charge in [-0.15, -0.1) is 0 Å². The zero-order valence-electron chi connectivity index (χ0n) is 9.03. The van der Waals surface area contributed by atoms with Crippen molar-refractivity contribution in [2.45, 2.75) is 31.7 Å². The third-order valence-corrected chi connectivity index (χ3v) is 3.29. The van der Waals surface area contributed by atoms with Crippen LogP contribution < -0.4 is 5.73 Å². The van der Waals surface area contributed by atoms with Crippen molar-refractivity contribution in [3.05, 3.63) is 28.5 Å². The van der Waals surface area contributed by atoms with E-state index in [4.69, 9.17) is 5.73 Å². The second kappa shape index (κ2) is 5.06.